The number of thioether (sulfide) groups is 1. The van der Waals surface area contributed by atoms with Crippen molar-refractivity contribution >= 4 is 50.1 Å². The van der Waals surface area contributed by atoms with Crippen LogP contribution in [0.15, 0.2) is 56.9 Å². The van der Waals surface area contributed by atoms with E-state index in [9.17, 15) is 19.7 Å². The first-order chi connectivity index (χ1) is 12.9. The van der Waals surface area contributed by atoms with Crippen molar-refractivity contribution in [2.24, 2.45) is 0 Å². The summed E-state index contributed by atoms with van der Waals surface area (Å²) in [5, 5.41) is 11.8. The Morgan fingerprint density at radius 1 is 1.30 bits per heavy atom. The van der Waals surface area contributed by atoms with Crippen LogP contribution in [-0.2, 0) is 6.54 Å². The third-order valence-electron chi connectivity index (χ3n) is 3.91. The highest BCUT2D eigenvalue weighted by molar-refractivity contribution is 9.10. The molecule has 3 rings (SSSR count). The third kappa shape index (κ3) is 4.09. The SMILES string of the molecule is CCn1c(SCC(=O)c2cccc([N+](=O)[O-])c2)nc2ccc(Br)cc2c1=O. The molecule has 0 saturated heterocycles. The van der Waals surface area contributed by atoms with Crippen LogP contribution in [0.5, 0.6) is 0 Å². The van der Waals surface area contributed by atoms with Crippen LogP contribution in [0.25, 0.3) is 10.9 Å². The first kappa shape index (κ1) is 19.2. The molecule has 1 aromatic heterocycles. The van der Waals surface area contributed by atoms with E-state index >= 15 is 0 Å². The van der Waals surface area contributed by atoms with Crippen molar-refractivity contribution in [1.82, 2.24) is 9.55 Å². The summed E-state index contributed by atoms with van der Waals surface area (Å²) in [7, 11) is 0. The lowest BCUT2D eigenvalue weighted by atomic mass is 10.1. The number of aromatic nitrogens is 2. The average Bonchev–Trinajstić information content (AvgIpc) is 2.66. The summed E-state index contributed by atoms with van der Waals surface area (Å²) in [6, 6.07) is 10.9. The minimum atomic E-state index is -0.540. The normalized spacial score (nSPS) is 10.9. The predicted molar refractivity (Wildman–Crippen MR) is 108 cm³/mol. The number of Topliss-reactive ketones (excluding diaryl/α,β-unsaturated/α-hetero) is 1. The van der Waals surface area contributed by atoms with E-state index in [2.05, 4.69) is 20.9 Å². The summed E-state index contributed by atoms with van der Waals surface area (Å²) in [4.78, 5) is 39.9. The van der Waals surface area contributed by atoms with Gasteiger partial charge in [0.15, 0.2) is 10.9 Å². The summed E-state index contributed by atoms with van der Waals surface area (Å²) in [6.07, 6.45) is 0. The zero-order valence-electron chi connectivity index (χ0n) is 14.2. The minimum absolute atomic E-state index is 0.0235. The predicted octanol–water partition coefficient (Wildman–Crippen LogP) is 4.06. The number of non-ortho nitro benzene ring substituents is 1. The van der Waals surface area contributed by atoms with Crippen LogP contribution >= 0.6 is 27.7 Å². The zero-order chi connectivity index (χ0) is 19.6. The van der Waals surface area contributed by atoms with Gasteiger partial charge in [0.05, 0.1) is 21.6 Å². The average molecular weight is 448 g/mol. The Hall–Kier alpha value is -2.52. The van der Waals surface area contributed by atoms with Gasteiger partial charge in [-0.05, 0) is 25.1 Å². The van der Waals surface area contributed by atoms with Crippen LogP contribution in [0.4, 0.5) is 5.69 Å². The van der Waals surface area contributed by atoms with E-state index in [1.807, 2.05) is 6.92 Å². The maximum atomic E-state index is 12.7. The number of nitro benzene ring substituents is 1. The topological polar surface area (TPSA) is 95.1 Å². The van der Waals surface area contributed by atoms with E-state index in [4.69, 9.17) is 0 Å². The highest BCUT2D eigenvalue weighted by Crippen LogP contribution is 2.22. The van der Waals surface area contributed by atoms with Gasteiger partial charge >= 0.3 is 0 Å². The first-order valence-electron chi connectivity index (χ1n) is 8.01. The van der Waals surface area contributed by atoms with E-state index in [0.29, 0.717) is 22.6 Å². The van der Waals surface area contributed by atoms with Crippen LogP contribution in [-0.4, -0.2) is 26.0 Å². The van der Waals surface area contributed by atoms with Crippen molar-refractivity contribution in [2.45, 2.75) is 18.6 Å². The standard InChI is InChI=1S/C18H14BrN3O4S/c1-2-21-17(24)14-9-12(19)6-7-15(14)20-18(21)27-10-16(23)11-4-3-5-13(8-11)22(25)26/h3-9H,2,10H2,1H3. The molecule has 0 aliphatic heterocycles. The van der Waals surface area contributed by atoms with E-state index < -0.39 is 4.92 Å². The van der Waals surface area contributed by atoms with Crippen LogP contribution in [0.1, 0.15) is 17.3 Å². The molecule has 0 spiro atoms. The lowest BCUT2D eigenvalue weighted by Crippen LogP contribution is -2.23. The number of hydrogen-bond acceptors (Lipinski definition) is 6. The van der Waals surface area contributed by atoms with Gasteiger partial charge in [0.1, 0.15) is 0 Å². The molecular weight excluding hydrogens is 434 g/mol. The van der Waals surface area contributed by atoms with E-state index in [-0.39, 0.29) is 28.3 Å². The van der Waals surface area contributed by atoms with Gasteiger partial charge in [0.25, 0.3) is 11.2 Å². The van der Waals surface area contributed by atoms with Crippen LogP contribution in [0.3, 0.4) is 0 Å². The van der Waals surface area contributed by atoms with Gasteiger partial charge in [0.2, 0.25) is 0 Å². The minimum Gasteiger partial charge on any atom is -0.293 e. The quantitative estimate of drug-likeness (QED) is 0.186. The summed E-state index contributed by atoms with van der Waals surface area (Å²) in [6.45, 7) is 2.25. The number of carbonyl (C=O) groups excluding carboxylic acids is 1. The molecule has 0 aliphatic rings. The highest BCUT2D eigenvalue weighted by Gasteiger charge is 2.15. The molecule has 0 saturated carbocycles. The molecular formula is C18H14BrN3O4S. The van der Waals surface area contributed by atoms with Gasteiger partial charge in [0, 0.05) is 28.7 Å². The largest absolute Gasteiger partial charge is 0.293 e. The molecule has 138 valence electrons. The van der Waals surface area contributed by atoms with Gasteiger partial charge in [-0.2, -0.15) is 0 Å². The molecule has 0 aliphatic carbocycles. The molecule has 0 radical (unpaired) electrons. The number of rotatable bonds is 6. The fourth-order valence-electron chi connectivity index (χ4n) is 2.57. The first-order valence-corrected chi connectivity index (χ1v) is 9.79. The van der Waals surface area contributed by atoms with Crippen molar-refractivity contribution in [3.05, 3.63) is 73.0 Å². The second kappa shape index (κ2) is 8.01. The smallest absolute Gasteiger partial charge is 0.270 e. The Morgan fingerprint density at radius 2 is 2.07 bits per heavy atom. The number of nitrogens with zero attached hydrogens (tertiary/aromatic N) is 3. The molecule has 7 nitrogen and oxygen atoms in total. The maximum absolute atomic E-state index is 12.7. The van der Waals surface area contributed by atoms with E-state index in [0.717, 1.165) is 16.2 Å². The Kier molecular flexibility index (Phi) is 5.71. The number of nitro groups is 1. The molecule has 2 aromatic carbocycles. The van der Waals surface area contributed by atoms with E-state index in [1.54, 1.807) is 18.2 Å². The molecule has 0 fully saturated rings. The summed E-state index contributed by atoms with van der Waals surface area (Å²) in [5.74, 6) is -0.244. The van der Waals surface area contributed by atoms with E-state index in [1.165, 1.54) is 28.8 Å². The summed E-state index contributed by atoms with van der Waals surface area (Å²) < 4.78 is 2.30. The van der Waals surface area contributed by atoms with Crippen molar-refractivity contribution in [1.29, 1.82) is 0 Å². The molecule has 0 bridgehead atoms. The molecule has 0 atom stereocenters. The monoisotopic (exact) mass is 447 g/mol. The Labute approximate surface area is 166 Å². The fraction of sp³-hybridized carbons (Fsp3) is 0.167. The van der Waals surface area contributed by atoms with Crippen LogP contribution in [0.2, 0.25) is 0 Å². The maximum Gasteiger partial charge on any atom is 0.270 e. The second-order valence-corrected chi connectivity index (χ2v) is 7.48. The highest BCUT2D eigenvalue weighted by atomic mass is 79.9. The van der Waals surface area contributed by atoms with Crippen molar-refractivity contribution in [3.8, 4) is 0 Å². The number of benzene rings is 2. The number of carbonyl (C=O) groups is 1. The van der Waals surface area contributed by atoms with Crippen molar-refractivity contribution < 1.29 is 9.72 Å². The number of fused-ring (bicyclic) bond motifs is 1. The van der Waals surface area contributed by atoms with Crippen LogP contribution < -0.4 is 5.56 Å². The molecule has 0 N–H and O–H groups in total. The summed E-state index contributed by atoms with van der Waals surface area (Å²) in [5.41, 5.74) is 0.504. The third-order valence-corrected chi connectivity index (χ3v) is 5.38. The molecule has 1 heterocycles. The molecule has 27 heavy (non-hydrogen) atoms. The van der Waals surface area contributed by atoms with Gasteiger partial charge in [-0.15, -0.1) is 0 Å². The zero-order valence-corrected chi connectivity index (χ0v) is 16.6. The Bertz CT molecular complexity index is 1110. The van der Waals surface area contributed by atoms with Gasteiger partial charge in [-0.3, -0.25) is 24.3 Å². The summed E-state index contributed by atoms with van der Waals surface area (Å²) >= 11 is 4.49. The lowest BCUT2D eigenvalue weighted by Gasteiger charge is -2.11. The number of halogens is 1. The molecule has 9 heteroatoms. The van der Waals surface area contributed by atoms with Gasteiger partial charge in [-0.1, -0.05) is 39.8 Å². The van der Waals surface area contributed by atoms with Crippen molar-refractivity contribution in [3.63, 3.8) is 0 Å². The second-order valence-electron chi connectivity index (χ2n) is 5.62. The molecule has 0 amide bonds. The molecule has 0 unspecified atom stereocenters. The van der Waals surface area contributed by atoms with Gasteiger partial charge in [-0.25, -0.2) is 4.98 Å². The number of ketones is 1. The van der Waals surface area contributed by atoms with Crippen molar-refractivity contribution in [2.75, 3.05) is 5.75 Å². The Balaban J connectivity index is 1.89. The lowest BCUT2D eigenvalue weighted by molar-refractivity contribution is -0.384. The van der Waals surface area contributed by atoms with Crippen LogP contribution in [0, 0.1) is 10.1 Å². The number of hydrogen-bond donors (Lipinski definition) is 0. The Morgan fingerprint density at radius 3 is 2.78 bits per heavy atom. The fourth-order valence-corrected chi connectivity index (χ4v) is 3.89. The molecule has 3 aromatic rings. The van der Waals surface area contributed by atoms with Gasteiger partial charge < -0.3 is 0 Å².